The number of hydrogen-bond donors (Lipinski definition) is 1. The molecule has 0 spiro atoms. The van der Waals surface area contributed by atoms with Crippen molar-refractivity contribution in [2.24, 2.45) is 62.4 Å². The Morgan fingerprint density at radius 3 is 2.30 bits per heavy atom. The summed E-state index contributed by atoms with van der Waals surface area (Å²) in [6.45, 7) is 16.9. The van der Waals surface area contributed by atoms with Crippen molar-refractivity contribution in [3.05, 3.63) is 11.6 Å². The highest BCUT2D eigenvalue weighted by atomic mass is 16.1. The van der Waals surface area contributed by atoms with Crippen LogP contribution in [-0.4, -0.2) is 11.7 Å². The summed E-state index contributed by atoms with van der Waals surface area (Å²) >= 11 is 0. The third-order valence-corrected chi connectivity index (χ3v) is 13.2. The molecule has 33 heavy (non-hydrogen) atoms. The molecule has 3 heteroatoms. The number of fused-ring (bicyclic) bond motifs is 7. The number of Topliss-reactive ketones (excluding diaryl/α,β-unsaturated/α-hetero) is 1. The van der Waals surface area contributed by atoms with Gasteiger partial charge in [-0.25, -0.2) is 0 Å². The molecule has 9 atom stereocenters. The van der Waals surface area contributed by atoms with Gasteiger partial charge >= 0.3 is 0 Å². The molecule has 0 aromatic rings. The maximum absolute atomic E-state index is 13.0. The Balaban J connectivity index is 1.62. The minimum absolute atomic E-state index is 0.0512. The summed E-state index contributed by atoms with van der Waals surface area (Å²) in [5.41, 5.74) is 7.76. The molecule has 0 aliphatic heterocycles. The summed E-state index contributed by atoms with van der Waals surface area (Å²) in [5.74, 6) is 2.92. The van der Waals surface area contributed by atoms with Gasteiger partial charge in [0.2, 0.25) is 5.91 Å². The third kappa shape index (κ3) is 2.69. The Hall–Kier alpha value is -1.12. The van der Waals surface area contributed by atoms with Gasteiger partial charge in [-0.1, -0.05) is 60.1 Å². The van der Waals surface area contributed by atoms with E-state index in [9.17, 15) is 9.59 Å². The number of ketones is 1. The number of amides is 1. The minimum atomic E-state index is -0.346. The molecule has 4 saturated carbocycles. The van der Waals surface area contributed by atoms with Crippen LogP contribution in [0.4, 0.5) is 0 Å². The van der Waals surface area contributed by atoms with Gasteiger partial charge in [0.05, 0.1) is 5.41 Å². The van der Waals surface area contributed by atoms with E-state index in [1.165, 1.54) is 6.42 Å². The standard InChI is InChI=1S/C30H47NO2/c1-18-10-15-30(25(31)33)17-16-28(6)20(24(30)19(18)2)8-9-22-27(5)13-12-23(32)26(3,4)21(27)11-14-29(22,28)7/h8,18-19,21-22,24H,9-17H2,1-7H3,(H2,31,33)/t18-,19+,21+,22-,24+,27+,28-,29-,30+/m1/s1. The number of rotatable bonds is 1. The van der Waals surface area contributed by atoms with E-state index in [-0.39, 0.29) is 33.0 Å². The summed E-state index contributed by atoms with van der Waals surface area (Å²) in [6, 6.07) is 0. The summed E-state index contributed by atoms with van der Waals surface area (Å²) in [4.78, 5) is 25.9. The van der Waals surface area contributed by atoms with Crippen LogP contribution in [0.1, 0.15) is 106 Å². The molecule has 5 aliphatic carbocycles. The van der Waals surface area contributed by atoms with Gasteiger partial charge in [0.25, 0.3) is 0 Å². The average Bonchev–Trinajstić information content (AvgIpc) is 2.74. The molecule has 0 bridgehead atoms. The van der Waals surface area contributed by atoms with Crippen molar-refractivity contribution in [3.8, 4) is 0 Å². The third-order valence-electron chi connectivity index (χ3n) is 13.2. The molecule has 0 heterocycles. The zero-order valence-corrected chi connectivity index (χ0v) is 22.2. The van der Waals surface area contributed by atoms with E-state index in [4.69, 9.17) is 5.73 Å². The van der Waals surface area contributed by atoms with Crippen molar-refractivity contribution < 1.29 is 9.59 Å². The second-order valence-corrected chi connectivity index (χ2v) is 14.3. The fraction of sp³-hybridized carbons (Fsp3) is 0.867. The van der Waals surface area contributed by atoms with Gasteiger partial charge in [-0.2, -0.15) is 0 Å². The Morgan fingerprint density at radius 2 is 1.64 bits per heavy atom. The maximum atomic E-state index is 13.0. The van der Waals surface area contributed by atoms with E-state index in [1.54, 1.807) is 5.57 Å². The molecular weight excluding hydrogens is 406 g/mol. The number of primary amides is 1. The average molecular weight is 454 g/mol. The van der Waals surface area contributed by atoms with Crippen LogP contribution in [0.5, 0.6) is 0 Å². The van der Waals surface area contributed by atoms with Gasteiger partial charge in [0, 0.05) is 11.8 Å². The van der Waals surface area contributed by atoms with Gasteiger partial charge in [0.15, 0.2) is 0 Å². The first-order valence-corrected chi connectivity index (χ1v) is 13.8. The maximum Gasteiger partial charge on any atom is 0.224 e. The van der Waals surface area contributed by atoms with Gasteiger partial charge in [-0.05, 0) is 97.2 Å². The lowest BCUT2D eigenvalue weighted by Crippen LogP contribution is -2.65. The van der Waals surface area contributed by atoms with E-state index >= 15 is 0 Å². The second-order valence-electron chi connectivity index (χ2n) is 14.3. The monoisotopic (exact) mass is 453 g/mol. The van der Waals surface area contributed by atoms with Gasteiger partial charge in [-0.15, -0.1) is 0 Å². The smallest absolute Gasteiger partial charge is 0.224 e. The van der Waals surface area contributed by atoms with E-state index in [2.05, 4.69) is 54.5 Å². The fourth-order valence-electron chi connectivity index (χ4n) is 10.7. The highest BCUT2D eigenvalue weighted by molar-refractivity contribution is 5.85. The Bertz CT molecular complexity index is 918. The van der Waals surface area contributed by atoms with Crippen LogP contribution < -0.4 is 5.73 Å². The molecule has 4 fully saturated rings. The quantitative estimate of drug-likeness (QED) is 0.449. The SMILES string of the molecule is C[C@H]1[C@H](C)CC[C@]2(C(N)=O)CC[C@]3(C)C(=CC[C@@H]4[C@@]5(C)CCC(=O)C(C)(C)[C@@H]5CC[C@]43C)[C@H]12. The van der Waals surface area contributed by atoms with E-state index in [0.29, 0.717) is 35.4 Å². The first-order chi connectivity index (χ1) is 15.3. The molecule has 2 N–H and O–H groups in total. The predicted molar refractivity (Wildman–Crippen MR) is 133 cm³/mol. The molecule has 0 aromatic carbocycles. The van der Waals surface area contributed by atoms with Crippen LogP contribution in [0.25, 0.3) is 0 Å². The highest BCUT2D eigenvalue weighted by Crippen LogP contribution is 2.75. The summed E-state index contributed by atoms with van der Waals surface area (Å²) in [7, 11) is 0. The van der Waals surface area contributed by atoms with Crippen molar-refractivity contribution in [2.75, 3.05) is 0 Å². The van der Waals surface area contributed by atoms with Crippen molar-refractivity contribution in [2.45, 2.75) is 106 Å². The van der Waals surface area contributed by atoms with Gasteiger partial charge < -0.3 is 5.73 Å². The summed E-state index contributed by atoms with van der Waals surface area (Å²) < 4.78 is 0. The Kier molecular flexibility index (Phi) is 4.99. The highest BCUT2D eigenvalue weighted by Gasteiger charge is 2.69. The van der Waals surface area contributed by atoms with Gasteiger partial charge in [-0.3, -0.25) is 9.59 Å². The summed E-state index contributed by atoms with van der Waals surface area (Å²) in [5, 5.41) is 0. The normalized spacial score (nSPS) is 53.1. The number of allylic oxidation sites excluding steroid dienone is 2. The molecule has 5 aliphatic rings. The first-order valence-electron chi connectivity index (χ1n) is 13.8. The topological polar surface area (TPSA) is 60.2 Å². The van der Waals surface area contributed by atoms with Crippen molar-refractivity contribution in [1.82, 2.24) is 0 Å². The minimum Gasteiger partial charge on any atom is -0.369 e. The van der Waals surface area contributed by atoms with Crippen molar-refractivity contribution in [3.63, 3.8) is 0 Å². The van der Waals surface area contributed by atoms with Crippen LogP contribution in [0.2, 0.25) is 0 Å². The fourth-order valence-corrected chi connectivity index (χ4v) is 10.7. The van der Waals surface area contributed by atoms with Crippen LogP contribution in [0.15, 0.2) is 11.6 Å². The molecule has 3 nitrogen and oxygen atoms in total. The lowest BCUT2D eigenvalue weighted by Gasteiger charge is -2.70. The van der Waals surface area contributed by atoms with E-state index in [0.717, 1.165) is 51.4 Å². The van der Waals surface area contributed by atoms with E-state index in [1.807, 2.05) is 0 Å². The lowest BCUT2D eigenvalue weighted by molar-refractivity contribution is -0.186. The molecule has 0 radical (unpaired) electrons. The van der Waals surface area contributed by atoms with Crippen LogP contribution in [0, 0.1) is 56.7 Å². The van der Waals surface area contributed by atoms with Crippen molar-refractivity contribution >= 4 is 11.7 Å². The summed E-state index contributed by atoms with van der Waals surface area (Å²) in [6.07, 6.45) is 11.9. The van der Waals surface area contributed by atoms with Crippen LogP contribution >= 0.6 is 0 Å². The second kappa shape index (κ2) is 6.97. The van der Waals surface area contributed by atoms with Gasteiger partial charge in [0.1, 0.15) is 5.78 Å². The van der Waals surface area contributed by atoms with Crippen molar-refractivity contribution in [1.29, 1.82) is 0 Å². The first kappa shape index (κ1) is 23.6. The Labute approximate surface area is 201 Å². The molecule has 5 rings (SSSR count). The molecule has 184 valence electrons. The molecule has 0 unspecified atom stereocenters. The molecule has 0 aromatic heterocycles. The molecule has 1 amide bonds. The molecular formula is C30H47NO2. The van der Waals surface area contributed by atoms with E-state index < -0.39 is 0 Å². The Morgan fingerprint density at radius 1 is 0.939 bits per heavy atom. The number of nitrogens with two attached hydrogens (primary N) is 1. The number of carbonyl (C=O) groups is 2. The zero-order chi connectivity index (χ0) is 24.2. The largest absolute Gasteiger partial charge is 0.369 e. The molecule has 0 saturated heterocycles. The number of carbonyl (C=O) groups excluding carboxylic acids is 2. The van der Waals surface area contributed by atoms with Crippen LogP contribution in [0.3, 0.4) is 0 Å². The lowest BCUT2D eigenvalue weighted by atomic mass is 9.33. The predicted octanol–water partition coefficient (Wildman–Crippen LogP) is 6.70. The van der Waals surface area contributed by atoms with Crippen LogP contribution in [-0.2, 0) is 9.59 Å². The number of hydrogen-bond acceptors (Lipinski definition) is 2. The zero-order valence-electron chi connectivity index (χ0n) is 22.2.